The van der Waals surface area contributed by atoms with Crippen LogP contribution in [0, 0.1) is 5.82 Å². The molecule has 2 heterocycles. The third-order valence-electron chi connectivity index (χ3n) is 5.22. The number of rotatable bonds is 6. The molecule has 1 aromatic heterocycles. The second-order valence-corrected chi connectivity index (χ2v) is 7.52. The van der Waals surface area contributed by atoms with Gasteiger partial charge < -0.3 is 25.2 Å². The van der Waals surface area contributed by atoms with Crippen LogP contribution in [0.2, 0.25) is 0 Å². The number of nitrogens with one attached hydrogen (secondary N) is 2. The fraction of sp³-hybridized carbons (Fsp3) is 0.409. The first-order chi connectivity index (χ1) is 14.8. The molecule has 0 aliphatic carbocycles. The third-order valence-corrected chi connectivity index (χ3v) is 5.22. The van der Waals surface area contributed by atoms with Crippen molar-refractivity contribution in [3.05, 3.63) is 47.0 Å². The molecule has 0 radical (unpaired) electrons. The lowest BCUT2D eigenvalue weighted by atomic mass is 10.1. The Kier molecular flexibility index (Phi) is 7.06. The number of hydrogen-bond donors (Lipinski definition) is 3. The van der Waals surface area contributed by atoms with Crippen LogP contribution in [0.15, 0.2) is 24.3 Å². The van der Waals surface area contributed by atoms with E-state index < -0.39 is 11.7 Å². The standard InChI is InChI=1S/C22H28FN5O3/c1-4-6-18(29)15-11-14(7-8-16(15)23)21-26-20(22(31)25-12-19(30)24-2)17-13-27(3)9-5-10-28(17)21/h6-8,11,29H,4-5,9-10,12-13H2,1-3H3,(H,24,30)(H,25,31)/b18-6+. The average Bonchev–Trinajstić information content (AvgIpc) is 2.98. The number of carbonyl (C=O) groups excluding carboxylic acids is 2. The van der Waals surface area contributed by atoms with Gasteiger partial charge in [0.15, 0.2) is 5.69 Å². The Bertz CT molecular complexity index is 1010. The number of imidazole rings is 1. The monoisotopic (exact) mass is 429 g/mol. The van der Waals surface area contributed by atoms with E-state index in [1.54, 1.807) is 18.2 Å². The molecule has 0 unspecified atom stereocenters. The van der Waals surface area contributed by atoms with E-state index in [4.69, 9.17) is 0 Å². The summed E-state index contributed by atoms with van der Waals surface area (Å²) in [6.45, 7) is 3.73. The summed E-state index contributed by atoms with van der Waals surface area (Å²) in [6.07, 6.45) is 2.97. The van der Waals surface area contributed by atoms with E-state index in [1.807, 2.05) is 18.5 Å². The van der Waals surface area contributed by atoms with E-state index in [0.717, 1.165) is 18.7 Å². The molecule has 31 heavy (non-hydrogen) atoms. The molecule has 1 aromatic carbocycles. The summed E-state index contributed by atoms with van der Waals surface area (Å²) < 4.78 is 16.3. The number of allylic oxidation sites excluding steroid dienone is 1. The highest BCUT2D eigenvalue weighted by molar-refractivity contribution is 5.96. The SMILES string of the molecule is CC/C=C(/O)c1cc(-c2nc(C(=O)NCC(=O)NC)c3n2CCCN(C)C3)ccc1F. The lowest BCUT2D eigenvalue weighted by Gasteiger charge is -2.13. The summed E-state index contributed by atoms with van der Waals surface area (Å²) in [6, 6.07) is 4.43. The number of aliphatic hydroxyl groups excluding tert-OH is 1. The predicted molar refractivity (Wildman–Crippen MR) is 116 cm³/mol. The largest absolute Gasteiger partial charge is 0.508 e. The Morgan fingerprint density at radius 3 is 2.81 bits per heavy atom. The lowest BCUT2D eigenvalue weighted by molar-refractivity contribution is -0.119. The van der Waals surface area contributed by atoms with E-state index in [-0.39, 0.29) is 29.5 Å². The molecule has 0 atom stereocenters. The van der Waals surface area contributed by atoms with Gasteiger partial charge in [0.05, 0.1) is 17.8 Å². The van der Waals surface area contributed by atoms with Gasteiger partial charge in [0, 0.05) is 25.7 Å². The van der Waals surface area contributed by atoms with Crippen molar-refractivity contribution in [1.29, 1.82) is 0 Å². The van der Waals surface area contributed by atoms with E-state index in [0.29, 0.717) is 30.9 Å². The molecule has 2 aromatic rings. The van der Waals surface area contributed by atoms with Gasteiger partial charge in [0.1, 0.15) is 17.4 Å². The van der Waals surface area contributed by atoms with Crippen molar-refractivity contribution in [1.82, 2.24) is 25.1 Å². The minimum atomic E-state index is -0.531. The van der Waals surface area contributed by atoms with Crippen molar-refractivity contribution in [2.24, 2.45) is 0 Å². The molecule has 3 rings (SSSR count). The zero-order valence-electron chi connectivity index (χ0n) is 18.0. The van der Waals surface area contributed by atoms with Crippen LogP contribution in [0.1, 0.15) is 41.5 Å². The smallest absolute Gasteiger partial charge is 0.272 e. The Labute approximate surface area is 180 Å². The lowest BCUT2D eigenvalue weighted by Crippen LogP contribution is -2.36. The van der Waals surface area contributed by atoms with Crippen LogP contribution in [0.4, 0.5) is 4.39 Å². The number of aromatic nitrogens is 2. The van der Waals surface area contributed by atoms with Gasteiger partial charge in [-0.15, -0.1) is 0 Å². The molecule has 1 aliphatic heterocycles. The maximum atomic E-state index is 14.3. The highest BCUT2D eigenvalue weighted by atomic mass is 19.1. The molecular formula is C22H28FN5O3. The quantitative estimate of drug-likeness (QED) is 0.612. The Morgan fingerprint density at radius 2 is 2.10 bits per heavy atom. The second kappa shape index (κ2) is 9.74. The van der Waals surface area contributed by atoms with Crippen molar-refractivity contribution in [2.75, 3.05) is 27.2 Å². The van der Waals surface area contributed by atoms with Crippen LogP contribution in [0.25, 0.3) is 17.1 Å². The molecule has 0 bridgehead atoms. The fourth-order valence-electron chi connectivity index (χ4n) is 3.62. The molecular weight excluding hydrogens is 401 g/mol. The number of hydrogen-bond acceptors (Lipinski definition) is 5. The number of carbonyl (C=O) groups is 2. The number of nitrogens with zero attached hydrogens (tertiary/aromatic N) is 3. The van der Waals surface area contributed by atoms with Crippen molar-refractivity contribution in [3.8, 4) is 11.4 Å². The van der Waals surface area contributed by atoms with Gasteiger partial charge in [0.25, 0.3) is 5.91 Å². The molecule has 0 spiro atoms. The first kappa shape index (κ1) is 22.5. The maximum Gasteiger partial charge on any atom is 0.272 e. The zero-order valence-corrected chi connectivity index (χ0v) is 18.0. The summed E-state index contributed by atoms with van der Waals surface area (Å²) in [7, 11) is 3.47. The molecule has 8 nitrogen and oxygen atoms in total. The van der Waals surface area contributed by atoms with Gasteiger partial charge in [0.2, 0.25) is 5.91 Å². The molecule has 0 saturated carbocycles. The minimum Gasteiger partial charge on any atom is -0.508 e. The highest BCUT2D eigenvalue weighted by Gasteiger charge is 2.26. The second-order valence-electron chi connectivity index (χ2n) is 7.52. The van der Waals surface area contributed by atoms with Crippen LogP contribution in [-0.4, -0.2) is 58.6 Å². The third kappa shape index (κ3) is 4.93. The van der Waals surface area contributed by atoms with Gasteiger partial charge in [-0.1, -0.05) is 6.92 Å². The van der Waals surface area contributed by atoms with Crippen molar-refractivity contribution >= 4 is 17.6 Å². The molecule has 2 amide bonds. The van der Waals surface area contributed by atoms with Gasteiger partial charge in [-0.25, -0.2) is 9.37 Å². The van der Waals surface area contributed by atoms with Crippen LogP contribution in [0.3, 0.4) is 0 Å². The molecule has 166 valence electrons. The van der Waals surface area contributed by atoms with Gasteiger partial charge >= 0.3 is 0 Å². The summed E-state index contributed by atoms with van der Waals surface area (Å²) in [4.78, 5) is 31.0. The molecule has 0 saturated heterocycles. The number of amides is 2. The number of likely N-dealkylation sites (N-methyl/N-ethyl adjacent to an activating group) is 1. The minimum absolute atomic E-state index is 0.0908. The maximum absolute atomic E-state index is 14.3. The van der Waals surface area contributed by atoms with Crippen LogP contribution in [-0.2, 0) is 17.9 Å². The Hall–Kier alpha value is -3.20. The number of fused-ring (bicyclic) bond motifs is 1. The van der Waals surface area contributed by atoms with Gasteiger partial charge in [-0.3, -0.25) is 9.59 Å². The summed E-state index contributed by atoms with van der Waals surface area (Å²) in [5.41, 5.74) is 1.67. The van der Waals surface area contributed by atoms with E-state index in [9.17, 15) is 19.1 Å². The van der Waals surface area contributed by atoms with Crippen LogP contribution in [0.5, 0.6) is 0 Å². The molecule has 1 aliphatic rings. The fourth-order valence-corrected chi connectivity index (χ4v) is 3.62. The topological polar surface area (TPSA) is 99.5 Å². The summed E-state index contributed by atoms with van der Waals surface area (Å²) >= 11 is 0. The van der Waals surface area contributed by atoms with Gasteiger partial charge in [-0.05, 0) is 50.7 Å². The van der Waals surface area contributed by atoms with Crippen LogP contribution >= 0.6 is 0 Å². The highest BCUT2D eigenvalue weighted by Crippen LogP contribution is 2.29. The van der Waals surface area contributed by atoms with E-state index in [2.05, 4.69) is 20.5 Å². The van der Waals surface area contributed by atoms with Gasteiger partial charge in [-0.2, -0.15) is 0 Å². The first-order valence-corrected chi connectivity index (χ1v) is 10.3. The van der Waals surface area contributed by atoms with Crippen LogP contribution < -0.4 is 10.6 Å². The average molecular weight is 429 g/mol. The predicted octanol–water partition coefficient (Wildman–Crippen LogP) is 2.31. The molecule has 3 N–H and O–H groups in total. The number of benzene rings is 1. The van der Waals surface area contributed by atoms with Crippen molar-refractivity contribution < 1.29 is 19.1 Å². The number of aliphatic hydroxyl groups is 1. The van der Waals surface area contributed by atoms with Crippen molar-refractivity contribution in [2.45, 2.75) is 32.9 Å². The first-order valence-electron chi connectivity index (χ1n) is 10.3. The Balaban J connectivity index is 2.07. The normalized spacial score (nSPS) is 14.6. The zero-order chi connectivity index (χ0) is 22.5. The summed E-state index contributed by atoms with van der Waals surface area (Å²) in [5, 5.41) is 15.3. The molecule has 9 heteroatoms. The van der Waals surface area contributed by atoms with E-state index in [1.165, 1.54) is 13.1 Å². The number of halogens is 1. The van der Waals surface area contributed by atoms with Crippen molar-refractivity contribution in [3.63, 3.8) is 0 Å². The van der Waals surface area contributed by atoms with E-state index >= 15 is 0 Å². The summed E-state index contributed by atoms with van der Waals surface area (Å²) in [5.74, 6) is -0.882. The molecule has 0 fully saturated rings. The Morgan fingerprint density at radius 1 is 1.32 bits per heavy atom.